The molecule has 1 aliphatic rings. The molecule has 0 atom stereocenters. The molecule has 2 amide bonds. The largest absolute Gasteiger partial charge is 0.348 e. The average Bonchev–Trinajstić information content (AvgIpc) is 2.72. The summed E-state index contributed by atoms with van der Waals surface area (Å²) in [6, 6.07) is 9.70. The zero-order chi connectivity index (χ0) is 20.1. The van der Waals surface area contributed by atoms with Crippen molar-refractivity contribution in [2.75, 3.05) is 13.1 Å². The Hall–Kier alpha value is -3.29. The minimum absolute atomic E-state index is 0.0439. The van der Waals surface area contributed by atoms with Crippen LogP contribution in [0.1, 0.15) is 45.5 Å². The van der Waals surface area contributed by atoms with Gasteiger partial charge in [0.2, 0.25) is 0 Å². The van der Waals surface area contributed by atoms with Crippen LogP contribution in [0.2, 0.25) is 0 Å². The van der Waals surface area contributed by atoms with E-state index in [1.807, 2.05) is 4.90 Å². The van der Waals surface area contributed by atoms with Gasteiger partial charge in [0.1, 0.15) is 5.82 Å². The summed E-state index contributed by atoms with van der Waals surface area (Å²) in [5, 5.41) is 13.4. The van der Waals surface area contributed by atoms with Gasteiger partial charge in [-0.05, 0) is 43.0 Å². The van der Waals surface area contributed by atoms with Gasteiger partial charge in [0.05, 0.1) is 10.5 Å². The van der Waals surface area contributed by atoms with Crippen molar-refractivity contribution in [2.45, 2.75) is 25.8 Å². The number of nitrogens with one attached hydrogen (secondary N) is 1. The number of hydrogen-bond donors (Lipinski definition) is 1. The molecule has 7 nitrogen and oxygen atoms in total. The van der Waals surface area contributed by atoms with Crippen LogP contribution in [-0.2, 0) is 6.54 Å². The van der Waals surface area contributed by atoms with E-state index in [-0.39, 0.29) is 18.1 Å². The van der Waals surface area contributed by atoms with Crippen molar-refractivity contribution >= 4 is 17.5 Å². The Kier molecular flexibility index (Phi) is 5.98. The maximum atomic E-state index is 13.9. The summed E-state index contributed by atoms with van der Waals surface area (Å²) in [7, 11) is 0. The van der Waals surface area contributed by atoms with Gasteiger partial charge in [-0.25, -0.2) is 4.39 Å². The lowest BCUT2D eigenvalue weighted by Gasteiger charge is -2.26. The molecule has 1 saturated heterocycles. The minimum Gasteiger partial charge on any atom is -0.348 e. The van der Waals surface area contributed by atoms with E-state index in [4.69, 9.17) is 0 Å². The van der Waals surface area contributed by atoms with Gasteiger partial charge in [-0.3, -0.25) is 19.7 Å². The van der Waals surface area contributed by atoms with Crippen LogP contribution in [0, 0.1) is 15.9 Å². The molecule has 1 N–H and O–H groups in total. The van der Waals surface area contributed by atoms with Gasteiger partial charge in [-0.15, -0.1) is 0 Å². The van der Waals surface area contributed by atoms with E-state index in [9.17, 15) is 24.1 Å². The lowest BCUT2D eigenvalue weighted by atomic mass is 10.1. The van der Waals surface area contributed by atoms with E-state index < -0.39 is 22.2 Å². The fraction of sp³-hybridized carbons (Fsp3) is 0.300. The molecule has 0 aliphatic carbocycles. The first-order chi connectivity index (χ1) is 13.5. The molecule has 8 heteroatoms. The first-order valence-electron chi connectivity index (χ1n) is 9.06. The molecule has 0 unspecified atom stereocenters. The molecule has 0 bridgehead atoms. The number of benzene rings is 2. The zero-order valence-corrected chi connectivity index (χ0v) is 15.2. The van der Waals surface area contributed by atoms with Crippen LogP contribution < -0.4 is 5.32 Å². The smallest absolute Gasteiger partial charge is 0.270 e. The molecule has 0 radical (unpaired) electrons. The van der Waals surface area contributed by atoms with Crippen molar-refractivity contribution < 1.29 is 18.9 Å². The third-order valence-electron chi connectivity index (χ3n) is 4.68. The molecule has 0 aromatic heterocycles. The Morgan fingerprint density at radius 1 is 1.11 bits per heavy atom. The summed E-state index contributed by atoms with van der Waals surface area (Å²) in [5.74, 6) is -1.64. The van der Waals surface area contributed by atoms with Crippen LogP contribution in [0.15, 0.2) is 42.5 Å². The molecule has 2 aromatic rings. The summed E-state index contributed by atoms with van der Waals surface area (Å²) in [6.45, 7) is 1.56. The highest BCUT2D eigenvalue weighted by atomic mass is 19.1. The van der Waals surface area contributed by atoms with Crippen LogP contribution in [-0.4, -0.2) is 34.7 Å². The van der Waals surface area contributed by atoms with Gasteiger partial charge in [-0.2, -0.15) is 0 Å². The quantitative estimate of drug-likeness (QED) is 0.631. The fourth-order valence-corrected chi connectivity index (χ4v) is 3.17. The van der Waals surface area contributed by atoms with Crippen LogP contribution >= 0.6 is 0 Å². The monoisotopic (exact) mass is 385 g/mol. The van der Waals surface area contributed by atoms with Crippen molar-refractivity contribution in [2.24, 2.45) is 0 Å². The highest BCUT2D eigenvalue weighted by Gasteiger charge is 2.19. The number of rotatable bonds is 5. The predicted molar refractivity (Wildman–Crippen MR) is 100 cm³/mol. The van der Waals surface area contributed by atoms with Crippen molar-refractivity contribution in [1.82, 2.24) is 10.2 Å². The van der Waals surface area contributed by atoms with Gasteiger partial charge in [0.25, 0.3) is 17.5 Å². The molecule has 1 aliphatic heterocycles. The van der Waals surface area contributed by atoms with Gasteiger partial charge in [-0.1, -0.05) is 12.1 Å². The Balaban J connectivity index is 1.68. The number of carbonyl (C=O) groups is 2. The van der Waals surface area contributed by atoms with E-state index in [0.29, 0.717) is 11.1 Å². The number of nitrogens with zero attached hydrogens (tertiary/aromatic N) is 2. The Morgan fingerprint density at radius 2 is 1.86 bits per heavy atom. The lowest BCUT2D eigenvalue weighted by molar-refractivity contribution is -0.384. The topological polar surface area (TPSA) is 92.6 Å². The van der Waals surface area contributed by atoms with Gasteiger partial charge < -0.3 is 10.2 Å². The van der Waals surface area contributed by atoms with Crippen molar-refractivity contribution in [3.05, 3.63) is 75.1 Å². The van der Waals surface area contributed by atoms with E-state index in [0.717, 1.165) is 50.6 Å². The van der Waals surface area contributed by atoms with E-state index in [1.54, 1.807) is 24.3 Å². The third-order valence-corrected chi connectivity index (χ3v) is 4.68. The molecular formula is C20H20FN3O4. The highest BCUT2D eigenvalue weighted by Crippen LogP contribution is 2.17. The number of amides is 2. The summed E-state index contributed by atoms with van der Waals surface area (Å²) < 4.78 is 13.9. The Labute approximate surface area is 161 Å². The van der Waals surface area contributed by atoms with Crippen molar-refractivity contribution in [3.8, 4) is 0 Å². The molecule has 146 valence electrons. The summed E-state index contributed by atoms with van der Waals surface area (Å²) in [5.41, 5.74) is 0.465. The molecule has 2 aromatic carbocycles. The first kappa shape index (κ1) is 19.5. The number of carbonyl (C=O) groups excluding carboxylic acids is 2. The van der Waals surface area contributed by atoms with Gasteiger partial charge in [0, 0.05) is 37.3 Å². The first-order valence-corrected chi connectivity index (χ1v) is 9.06. The average molecular weight is 385 g/mol. The number of nitro benzene ring substituents is 1. The molecule has 0 spiro atoms. The SMILES string of the molecule is O=C(NCc1cccc(C(=O)N2CCCCC2)c1)c1cc([N+](=O)[O-])ccc1F. The number of halogens is 1. The molecule has 28 heavy (non-hydrogen) atoms. The lowest BCUT2D eigenvalue weighted by Crippen LogP contribution is -2.35. The molecule has 0 saturated carbocycles. The number of likely N-dealkylation sites (tertiary alicyclic amines) is 1. The second-order valence-electron chi connectivity index (χ2n) is 6.66. The zero-order valence-electron chi connectivity index (χ0n) is 15.2. The van der Waals surface area contributed by atoms with E-state index in [1.165, 1.54) is 0 Å². The van der Waals surface area contributed by atoms with Crippen LogP contribution in [0.4, 0.5) is 10.1 Å². The summed E-state index contributed by atoms with van der Waals surface area (Å²) in [6.07, 6.45) is 3.12. The van der Waals surface area contributed by atoms with E-state index >= 15 is 0 Å². The fourth-order valence-electron chi connectivity index (χ4n) is 3.17. The van der Waals surface area contributed by atoms with Crippen molar-refractivity contribution in [1.29, 1.82) is 0 Å². The number of non-ortho nitro benzene ring substituents is 1. The van der Waals surface area contributed by atoms with Gasteiger partial charge in [0.15, 0.2) is 0 Å². The maximum Gasteiger partial charge on any atom is 0.270 e. The van der Waals surface area contributed by atoms with Crippen LogP contribution in [0.25, 0.3) is 0 Å². The van der Waals surface area contributed by atoms with Crippen LogP contribution in [0.5, 0.6) is 0 Å². The number of hydrogen-bond acceptors (Lipinski definition) is 4. The minimum atomic E-state index is -0.836. The normalized spacial score (nSPS) is 13.8. The second kappa shape index (κ2) is 8.60. The maximum absolute atomic E-state index is 13.9. The number of nitro groups is 1. The molecule has 3 rings (SSSR count). The second-order valence-corrected chi connectivity index (χ2v) is 6.66. The predicted octanol–water partition coefficient (Wildman–Crippen LogP) is 3.29. The summed E-state index contributed by atoms with van der Waals surface area (Å²) >= 11 is 0. The van der Waals surface area contributed by atoms with Crippen LogP contribution in [0.3, 0.4) is 0 Å². The Bertz CT molecular complexity index is 910. The molecule has 1 heterocycles. The molecule has 1 fully saturated rings. The standard InChI is InChI=1S/C20H20FN3O4/c21-18-8-7-16(24(27)28)12-17(18)19(25)22-13-14-5-4-6-15(11-14)20(26)23-9-2-1-3-10-23/h4-8,11-12H,1-3,9-10,13H2,(H,22,25). The van der Waals surface area contributed by atoms with Gasteiger partial charge >= 0.3 is 0 Å². The summed E-state index contributed by atoms with van der Waals surface area (Å²) in [4.78, 5) is 36.8. The third kappa shape index (κ3) is 4.51. The highest BCUT2D eigenvalue weighted by molar-refractivity contribution is 5.95. The van der Waals surface area contributed by atoms with Crippen molar-refractivity contribution in [3.63, 3.8) is 0 Å². The Morgan fingerprint density at radius 3 is 2.57 bits per heavy atom. The number of piperidine rings is 1. The van der Waals surface area contributed by atoms with E-state index in [2.05, 4.69) is 5.32 Å². The molecular weight excluding hydrogens is 365 g/mol.